The number of carboxylic acids is 1. The van der Waals surface area contributed by atoms with Crippen molar-refractivity contribution in [3.05, 3.63) is 0 Å². The van der Waals surface area contributed by atoms with Gasteiger partial charge in [-0.2, -0.15) is 0 Å². The van der Waals surface area contributed by atoms with Crippen molar-refractivity contribution in [2.75, 3.05) is 0 Å². The van der Waals surface area contributed by atoms with Crippen LogP contribution in [-0.4, -0.2) is 29.2 Å². The lowest BCUT2D eigenvalue weighted by molar-refractivity contribution is -0.139. The zero-order chi connectivity index (χ0) is 9.72. The van der Waals surface area contributed by atoms with Gasteiger partial charge in [0.25, 0.3) is 0 Å². The SMILES string of the molecule is CC(=O)NC(N)CC(N)C(=O)O. The van der Waals surface area contributed by atoms with Gasteiger partial charge in [0, 0.05) is 13.3 Å². The Balaban J connectivity index is 3.76. The molecule has 70 valence electrons. The van der Waals surface area contributed by atoms with Gasteiger partial charge in [-0.25, -0.2) is 0 Å². The molecule has 1 amide bonds. The van der Waals surface area contributed by atoms with Crippen LogP contribution >= 0.6 is 0 Å². The van der Waals surface area contributed by atoms with Crippen molar-refractivity contribution in [3.8, 4) is 0 Å². The molecule has 2 unspecified atom stereocenters. The Morgan fingerprint density at radius 3 is 2.33 bits per heavy atom. The highest BCUT2D eigenvalue weighted by molar-refractivity contribution is 5.74. The smallest absolute Gasteiger partial charge is 0.320 e. The molecule has 6 nitrogen and oxygen atoms in total. The van der Waals surface area contributed by atoms with E-state index >= 15 is 0 Å². The fourth-order valence-corrected chi connectivity index (χ4v) is 0.694. The van der Waals surface area contributed by atoms with E-state index in [9.17, 15) is 9.59 Å². The molecule has 2 atom stereocenters. The quantitative estimate of drug-likeness (QED) is 0.376. The normalized spacial score (nSPS) is 14.9. The van der Waals surface area contributed by atoms with Gasteiger partial charge in [0.05, 0.1) is 6.17 Å². The topological polar surface area (TPSA) is 118 Å². The zero-order valence-corrected chi connectivity index (χ0v) is 6.78. The Bertz CT molecular complexity index is 183. The van der Waals surface area contributed by atoms with Crippen LogP contribution in [0.25, 0.3) is 0 Å². The van der Waals surface area contributed by atoms with Crippen molar-refractivity contribution in [1.29, 1.82) is 0 Å². The fourth-order valence-electron chi connectivity index (χ4n) is 0.694. The van der Waals surface area contributed by atoms with Gasteiger partial charge in [0.1, 0.15) is 6.04 Å². The number of nitrogens with two attached hydrogens (primary N) is 2. The first-order valence-corrected chi connectivity index (χ1v) is 3.44. The Hall–Kier alpha value is -1.14. The first kappa shape index (κ1) is 10.9. The minimum atomic E-state index is -1.13. The summed E-state index contributed by atoms with van der Waals surface area (Å²) >= 11 is 0. The number of carbonyl (C=O) groups is 2. The van der Waals surface area contributed by atoms with Gasteiger partial charge in [-0.05, 0) is 0 Å². The monoisotopic (exact) mass is 175 g/mol. The number of nitrogens with one attached hydrogen (secondary N) is 1. The minimum Gasteiger partial charge on any atom is -0.480 e. The molecule has 0 aromatic rings. The summed E-state index contributed by atoms with van der Waals surface area (Å²) < 4.78 is 0. The summed E-state index contributed by atoms with van der Waals surface area (Å²) in [5.74, 6) is -1.43. The second kappa shape index (κ2) is 4.68. The highest BCUT2D eigenvalue weighted by atomic mass is 16.4. The van der Waals surface area contributed by atoms with E-state index in [0.29, 0.717) is 0 Å². The van der Waals surface area contributed by atoms with E-state index in [-0.39, 0.29) is 12.3 Å². The number of amides is 1. The molecule has 0 saturated heterocycles. The molecular weight excluding hydrogens is 162 g/mol. The Morgan fingerprint density at radius 1 is 1.50 bits per heavy atom. The summed E-state index contributed by atoms with van der Waals surface area (Å²) in [5, 5.41) is 10.7. The van der Waals surface area contributed by atoms with Crippen LogP contribution in [0.2, 0.25) is 0 Å². The first-order chi connectivity index (χ1) is 5.43. The van der Waals surface area contributed by atoms with E-state index in [4.69, 9.17) is 16.6 Å². The van der Waals surface area contributed by atoms with Crippen LogP contribution in [0.4, 0.5) is 0 Å². The summed E-state index contributed by atoms with van der Waals surface area (Å²) in [5.41, 5.74) is 10.5. The van der Waals surface area contributed by atoms with E-state index in [2.05, 4.69) is 5.32 Å². The van der Waals surface area contributed by atoms with Gasteiger partial charge in [0.2, 0.25) is 5.91 Å². The molecule has 0 aromatic heterocycles. The zero-order valence-electron chi connectivity index (χ0n) is 6.78. The Morgan fingerprint density at radius 2 is 2.00 bits per heavy atom. The molecule has 6 heteroatoms. The standard InChI is InChI=1S/C6H13N3O3/c1-3(10)9-5(8)2-4(7)6(11)12/h4-5H,2,7-8H2,1H3,(H,9,10)(H,11,12). The molecule has 6 N–H and O–H groups in total. The summed E-state index contributed by atoms with van der Waals surface area (Å²) in [4.78, 5) is 20.7. The molecule has 0 aliphatic rings. The number of hydrogen-bond donors (Lipinski definition) is 4. The molecule has 0 rings (SSSR count). The van der Waals surface area contributed by atoms with Crippen LogP contribution in [0.3, 0.4) is 0 Å². The van der Waals surface area contributed by atoms with Crippen molar-refractivity contribution in [2.45, 2.75) is 25.6 Å². The average molecular weight is 175 g/mol. The third-order valence-corrected chi connectivity index (χ3v) is 1.21. The van der Waals surface area contributed by atoms with Gasteiger partial charge < -0.3 is 21.9 Å². The average Bonchev–Trinajstić information content (AvgIpc) is 1.84. The van der Waals surface area contributed by atoms with E-state index in [1.165, 1.54) is 6.92 Å². The lowest BCUT2D eigenvalue weighted by atomic mass is 10.2. The minimum absolute atomic E-state index is 0.0227. The van der Waals surface area contributed by atoms with Crippen molar-refractivity contribution in [3.63, 3.8) is 0 Å². The summed E-state index contributed by atoms with van der Waals surface area (Å²) in [6.45, 7) is 1.30. The molecule has 0 aromatic carbocycles. The highest BCUT2D eigenvalue weighted by Crippen LogP contribution is 1.90. The molecule has 12 heavy (non-hydrogen) atoms. The van der Waals surface area contributed by atoms with Crippen molar-refractivity contribution in [1.82, 2.24) is 5.32 Å². The van der Waals surface area contributed by atoms with Crippen LogP contribution in [0.5, 0.6) is 0 Å². The number of aliphatic carboxylic acids is 1. The largest absolute Gasteiger partial charge is 0.480 e. The molecular formula is C6H13N3O3. The number of hydrogen-bond acceptors (Lipinski definition) is 4. The fraction of sp³-hybridized carbons (Fsp3) is 0.667. The van der Waals surface area contributed by atoms with Crippen LogP contribution < -0.4 is 16.8 Å². The maximum Gasteiger partial charge on any atom is 0.320 e. The van der Waals surface area contributed by atoms with E-state index in [1.54, 1.807) is 0 Å². The lowest BCUT2D eigenvalue weighted by Crippen LogP contribution is -2.46. The third kappa shape index (κ3) is 4.64. The Kier molecular flexibility index (Phi) is 4.24. The van der Waals surface area contributed by atoms with Crippen molar-refractivity contribution in [2.24, 2.45) is 11.5 Å². The number of carboxylic acid groups (broad SMARTS) is 1. The molecule has 0 spiro atoms. The van der Waals surface area contributed by atoms with Crippen LogP contribution in [-0.2, 0) is 9.59 Å². The predicted octanol–water partition coefficient (Wildman–Crippen LogP) is -1.79. The molecule has 0 heterocycles. The van der Waals surface area contributed by atoms with E-state index in [0.717, 1.165) is 0 Å². The maximum absolute atomic E-state index is 10.4. The van der Waals surface area contributed by atoms with Gasteiger partial charge >= 0.3 is 5.97 Å². The highest BCUT2D eigenvalue weighted by Gasteiger charge is 2.15. The number of rotatable bonds is 4. The molecule has 0 bridgehead atoms. The van der Waals surface area contributed by atoms with Crippen LogP contribution in [0.15, 0.2) is 0 Å². The molecule has 0 saturated carbocycles. The second-order valence-electron chi connectivity index (χ2n) is 2.49. The lowest BCUT2D eigenvalue weighted by Gasteiger charge is -2.14. The Labute approximate surface area is 69.9 Å². The van der Waals surface area contributed by atoms with Crippen LogP contribution in [0.1, 0.15) is 13.3 Å². The summed E-state index contributed by atoms with van der Waals surface area (Å²) in [6.07, 6.45) is -0.678. The van der Waals surface area contributed by atoms with Crippen molar-refractivity contribution < 1.29 is 14.7 Å². The first-order valence-electron chi connectivity index (χ1n) is 3.44. The third-order valence-electron chi connectivity index (χ3n) is 1.21. The summed E-state index contributed by atoms with van der Waals surface area (Å²) in [6, 6.07) is -1.04. The van der Waals surface area contributed by atoms with Gasteiger partial charge in [-0.3, -0.25) is 9.59 Å². The van der Waals surface area contributed by atoms with Gasteiger partial charge in [-0.15, -0.1) is 0 Å². The van der Waals surface area contributed by atoms with Gasteiger partial charge in [-0.1, -0.05) is 0 Å². The molecule has 0 aliphatic heterocycles. The molecule has 0 aliphatic carbocycles. The van der Waals surface area contributed by atoms with Crippen molar-refractivity contribution >= 4 is 11.9 Å². The second-order valence-corrected chi connectivity index (χ2v) is 2.49. The number of carbonyl (C=O) groups excluding carboxylic acids is 1. The van der Waals surface area contributed by atoms with Gasteiger partial charge in [0.15, 0.2) is 0 Å². The van der Waals surface area contributed by atoms with Crippen LogP contribution in [0, 0.1) is 0 Å². The maximum atomic E-state index is 10.4. The van der Waals surface area contributed by atoms with E-state index < -0.39 is 18.2 Å². The predicted molar refractivity (Wildman–Crippen MR) is 42.0 cm³/mol. The molecule has 0 fully saturated rings. The van der Waals surface area contributed by atoms with E-state index in [1.807, 2.05) is 0 Å². The summed E-state index contributed by atoms with van der Waals surface area (Å²) in [7, 11) is 0. The molecule has 0 radical (unpaired) electrons.